The van der Waals surface area contributed by atoms with Gasteiger partial charge in [0.15, 0.2) is 0 Å². The van der Waals surface area contributed by atoms with Crippen LogP contribution in [0.5, 0.6) is 0 Å². The number of aliphatic hydroxyl groups is 1. The SMILES string of the molecule is CCOC1CC(NC(CC)CO)C12CCC2. The molecule has 2 fully saturated rings. The van der Waals surface area contributed by atoms with Gasteiger partial charge >= 0.3 is 0 Å². The Morgan fingerprint density at radius 1 is 1.44 bits per heavy atom. The van der Waals surface area contributed by atoms with Crippen LogP contribution in [0, 0.1) is 5.41 Å². The van der Waals surface area contributed by atoms with Crippen LogP contribution >= 0.6 is 0 Å². The Morgan fingerprint density at radius 2 is 2.19 bits per heavy atom. The van der Waals surface area contributed by atoms with Gasteiger partial charge in [-0.25, -0.2) is 0 Å². The van der Waals surface area contributed by atoms with Crippen molar-refractivity contribution in [2.45, 2.75) is 64.1 Å². The summed E-state index contributed by atoms with van der Waals surface area (Å²) in [7, 11) is 0. The molecular formula is C13H25NO2. The van der Waals surface area contributed by atoms with E-state index in [0.29, 0.717) is 17.6 Å². The summed E-state index contributed by atoms with van der Waals surface area (Å²) < 4.78 is 5.81. The first-order valence-electron chi connectivity index (χ1n) is 6.75. The van der Waals surface area contributed by atoms with E-state index in [9.17, 15) is 5.11 Å². The first kappa shape index (κ1) is 12.3. The molecule has 2 saturated carbocycles. The number of hydrogen-bond acceptors (Lipinski definition) is 3. The summed E-state index contributed by atoms with van der Waals surface area (Å²) in [6.45, 7) is 5.29. The highest BCUT2D eigenvalue weighted by Crippen LogP contribution is 2.57. The Labute approximate surface area is 98.6 Å². The third-order valence-electron chi connectivity index (χ3n) is 4.59. The van der Waals surface area contributed by atoms with E-state index in [2.05, 4.69) is 19.2 Å². The molecule has 94 valence electrons. The average molecular weight is 227 g/mol. The third-order valence-corrected chi connectivity index (χ3v) is 4.59. The van der Waals surface area contributed by atoms with Crippen LogP contribution in [0.25, 0.3) is 0 Å². The van der Waals surface area contributed by atoms with Crippen LogP contribution in [0.1, 0.15) is 46.0 Å². The molecule has 3 nitrogen and oxygen atoms in total. The van der Waals surface area contributed by atoms with E-state index < -0.39 is 0 Å². The van der Waals surface area contributed by atoms with E-state index >= 15 is 0 Å². The van der Waals surface area contributed by atoms with Gasteiger partial charge in [0.1, 0.15) is 0 Å². The molecule has 2 aliphatic carbocycles. The van der Waals surface area contributed by atoms with Gasteiger partial charge < -0.3 is 15.2 Å². The Kier molecular flexibility index (Phi) is 3.88. The molecule has 2 N–H and O–H groups in total. The highest BCUT2D eigenvalue weighted by Gasteiger charge is 2.58. The predicted molar refractivity (Wildman–Crippen MR) is 64.4 cm³/mol. The van der Waals surface area contributed by atoms with Crippen molar-refractivity contribution < 1.29 is 9.84 Å². The smallest absolute Gasteiger partial charge is 0.0661 e. The molecule has 0 aromatic carbocycles. The quantitative estimate of drug-likeness (QED) is 0.725. The molecule has 0 aromatic heterocycles. The minimum Gasteiger partial charge on any atom is -0.395 e. The molecule has 2 rings (SSSR count). The molecule has 0 aliphatic heterocycles. The molecule has 0 bridgehead atoms. The summed E-state index contributed by atoms with van der Waals surface area (Å²) in [6.07, 6.45) is 6.55. The zero-order valence-corrected chi connectivity index (χ0v) is 10.5. The highest BCUT2D eigenvalue weighted by atomic mass is 16.5. The molecule has 0 aromatic rings. The second-order valence-corrected chi connectivity index (χ2v) is 5.27. The summed E-state index contributed by atoms with van der Waals surface area (Å²) in [5.74, 6) is 0. The van der Waals surface area contributed by atoms with Gasteiger partial charge in [-0.05, 0) is 32.6 Å². The van der Waals surface area contributed by atoms with E-state index in [1.165, 1.54) is 19.3 Å². The molecule has 0 radical (unpaired) electrons. The lowest BCUT2D eigenvalue weighted by Gasteiger charge is -2.61. The van der Waals surface area contributed by atoms with Crippen LogP contribution in [0.4, 0.5) is 0 Å². The zero-order valence-electron chi connectivity index (χ0n) is 10.5. The normalized spacial score (nSPS) is 33.2. The van der Waals surface area contributed by atoms with Crippen LogP contribution in [0.15, 0.2) is 0 Å². The Bertz CT molecular complexity index is 224. The van der Waals surface area contributed by atoms with E-state index in [-0.39, 0.29) is 12.6 Å². The maximum atomic E-state index is 9.23. The summed E-state index contributed by atoms with van der Waals surface area (Å²) in [4.78, 5) is 0. The van der Waals surface area contributed by atoms with E-state index in [1.807, 2.05) is 0 Å². The standard InChI is InChI=1S/C13H25NO2/c1-3-10(9-15)14-11-8-12(16-4-2)13(11)6-5-7-13/h10-12,14-15H,3-9H2,1-2H3. The van der Waals surface area contributed by atoms with Crippen molar-refractivity contribution in [1.82, 2.24) is 5.32 Å². The van der Waals surface area contributed by atoms with E-state index in [4.69, 9.17) is 4.74 Å². The van der Waals surface area contributed by atoms with Gasteiger partial charge in [-0.15, -0.1) is 0 Å². The molecular weight excluding hydrogens is 202 g/mol. The lowest BCUT2D eigenvalue weighted by Crippen LogP contribution is -2.68. The zero-order chi connectivity index (χ0) is 11.6. The molecule has 3 unspecified atom stereocenters. The van der Waals surface area contributed by atoms with Gasteiger partial charge in [0, 0.05) is 24.1 Å². The van der Waals surface area contributed by atoms with Crippen LogP contribution in [-0.4, -0.2) is 36.5 Å². The van der Waals surface area contributed by atoms with Crippen molar-refractivity contribution in [2.75, 3.05) is 13.2 Å². The van der Waals surface area contributed by atoms with Crippen LogP contribution in [0.2, 0.25) is 0 Å². The van der Waals surface area contributed by atoms with Crippen molar-refractivity contribution in [3.8, 4) is 0 Å². The molecule has 3 heteroatoms. The first-order valence-corrected chi connectivity index (χ1v) is 6.75. The van der Waals surface area contributed by atoms with Crippen molar-refractivity contribution in [3.63, 3.8) is 0 Å². The summed E-state index contributed by atoms with van der Waals surface area (Å²) in [5.41, 5.74) is 0.415. The Morgan fingerprint density at radius 3 is 2.62 bits per heavy atom. The monoisotopic (exact) mass is 227 g/mol. The second kappa shape index (κ2) is 5.03. The van der Waals surface area contributed by atoms with Crippen molar-refractivity contribution in [2.24, 2.45) is 5.41 Å². The van der Waals surface area contributed by atoms with Gasteiger partial charge in [-0.2, -0.15) is 0 Å². The molecule has 2 aliphatic rings. The Hall–Kier alpha value is -0.120. The van der Waals surface area contributed by atoms with Crippen LogP contribution < -0.4 is 5.32 Å². The molecule has 16 heavy (non-hydrogen) atoms. The maximum Gasteiger partial charge on any atom is 0.0661 e. The number of nitrogens with one attached hydrogen (secondary N) is 1. The fourth-order valence-corrected chi connectivity index (χ4v) is 3.26. The van der Waals surface area contributed by atoms with Gasteiger partial charge in [0.2, 0.25) is 0 Å². The lowest BCUT2D eigenvalue weighted by molar-refractivity contribution is -0.175. The molecule has 0 heterocycles. The Balaban J connectivity index is 1.88. The fourth-order valence-electron chi connectivity index (χ4n) is 3.26. The highest BCUT2D eigenvalue weighted by molar-refractivity contribution is 5.12. The minimum atomic E-state index is 0.252. The number of ether oxygens (including phenoxy) is 1. The predicted octanol–water partition coefficient (Wildman–Crippen LogP) is 1.69. The maximum absolute atomic E-state index is 9.23. The molecule has 1 spiro atoms. The van der Waals surface area contributed by atoms with Gasteiger partial charge in [0.25, 0.3) is 0 Å². The topological polar surface area (TPSA) is 41.5 Å². The summed E-state index contributed by atoms with van der Waals surface area (Å²) in [5, 5.41) is 12.8. The third kappa shape index (κ3) is 1.89. The second-order valence-electron chi connectivity index (χ2n) is 5.27. The van der Waals surface area contributed by atoms with Crippen molar-refractivity contribution >= 4 is 0 Å². The van der Waals surface area contributed by atoms with E-state index in [1.54, 1.807) is 0 Å². The number of aliphatic hydroxyl groups excluding tert-OH is 1. The largest absolute Gasteiger partial charge is 0.395 e. The molecule has 0 saturated heterocycles. The summed E-state index contributed by atoms with van der Waals surface area (Å²) >= 11 is 0. The molecule has 0 amide bonds. The number of hydrogen-bond donors (Lipinski definition) is 2. The van der Waals surface area contributed by atoms with Crippen LogP contribution in [-0.2, 0) is 4.74 Å². The lowest BCUT2D eigenvalue weighted by atomic mass is 9.51. The summed E-state index contributed by atoms with van der Waals surface area (Å²) in [6, 6.07) is 0.847. The van der Waals surface area contributed by atoms with E-state index in [0.717, 1.165) is 19.4 Å². The van der Waals surface area contributed by atoms with Gasteiger partial charge in [0.05, 0.1) is 12.7 Å². The average Bonchev–Trinajstić information content (AvgIpc) is 2.20. The molecule has 3 atom stereocenters. The first-order chi connectivity index (χ1) is 7.76. The van der Waals surface area contributed by atoms with Crippen molar-refractivity contribution in [3.05, 3.63) is 0 Å². The minimum absolute atomic E-state index is 0.252. The van der Waals surface area contributed by atoms with Crippen molar-refractivity contribution in [1.29, 1.82) is 0 Å². The van der Waals surface area contributed by atoms with Gasteiger partial charge in [-0.1, -0.05) is 13.3 Å². The number of rotatable bonds is 6. The van der Waals surface area contributed by atoms with Crippen LogP contribution in [0.3, 0.4) is 0 Å². The van der Waals surface area contributed by atoms with Gasteiger partial charge in [-0.3, -0.25) is 0 Å². The fraction of sp³-hybridized carbons (Fsp3) is 1.00.